The molecule has 0 unspecified atom stereocenters. The zero-order valence-corrected chi connectivity index (χ0v) is 13.6. The fourth-order valence-electron chi connectivity index (χ4n) is 1.81. The van der Waals surface area contributed by atoms with Crippen LogP contribution in [0.4, 0.5) is 0 Å². The average Bonchev–Trinajstić information content (AvgIpc) is 2.29. The van der Waals surface area contributed by atoms with Crippen LogP contribution >= 0.6 is 0 Å². The highest BCUT2D eigenvalue weighted by Gasteiger charge is 2.19. The molecule has 0 aromatic rings. The summed E-state index contributed by atoms with van der Waals surface area (Å²) in [6, 6.07) is 0.603. The predicted molar refractivity (Wildman–Crippen MR) is 83.3 cm³/mol. The highest BCUT2D eigenvalue weighted by atomic mass is 16.2. The molecule has 3 nitrogen and oxygen atoms in total. The highest BCUT2D eigenvalue weighted by Crippen LogP contribution is 2.12. The largest absolute Gasteiger partial charge is 0.356 e. The summed E-state index contributed by atoms with van der Waals surface area (Å²) in [5.41, 5.74) is -0.261. The molecule has 0 aliphatic rings. The lowest BCUT2D eigenvalue weighted by molar-refractivity contribution is -0.128. The van der Waals surface area contributed by atoms with E-state index in [-0.39, 0.29) is 11.3 Å². The molecular weight excluding hydrogens is 236 g/mol. The monoisotopic (exact) mass is 270 g/mol. The number of nitrogens with one attached hydrogen (secondary N) is 2. The maximum atomic E-state index is 11.6. The lowest BCUT2D eigenvalue weighted by atomic mass is 9.96. The second kappa shape index (κ2) is 10.2. The van der Waals surface area contributed by atoms with Gasteiger partial charge in [-0.05, 0) is 19.4 Å². The number of hydrogen-bond acceptors (Lipinski definition) is 2. The topological polar surface area (TPSA) is 41.1 Å². The van der Waals surface area contributed by atoms with E-state index in [0.717, 1.165) is 19.5 Å². The molecule has 2 N–H and O–H groups in total. The molecule has 19 heavy (non-hydrogen) atoms. The average molecular weight is 270 g/mol. The molecule has 0 aromatic heterocycles. The van der Waals surface area contributed by atoms with Gasteiger partial charge < -0.3 is 10.6 Å². The molecular formula is C16H34N2O. The van der Waals surface area contributed by atoms with Gasteiger partial charge in [-0.3, -0.25) is 4.79 Å². The minimum Gasteiger partial charge on any atom is -0.356 e. The number of rotatable bonds is 10. The molecule has 0 saturated carbocycles. The van der Waals surface area contributed by atoms with Crippen molar-refractivity contribution in [1.82, 2.24) is 10.6 Å². The fourth-order valence-corrected chi connectivity index (χ4v) is 1.81. The normalized spacial score (nSPS) is 11.9. The Labute approximate surface area is 119 Å². The first-order valence-electron chi connectivity index (χ1n) is 7.85. The highest BCUT2D eigenvalue weighted by molar-refractivity contribution is 5.81. The van der Waals surface area contributed by atoms with Gasteiger partial charge in [0.1, 0.15) is 0 Å². The summed E-state index contributed by atoms with van der Waals surface area (Å²) in [7, 11) is 0. The summed E-state index contributed by atoms with van der Waals surface area (Å²) in [6.07, 6.45) is 7.52. The van der Waals surface area contributed by atoms with Crippen molar-refractivity contribution in [2.75, 3.05) is 13.1 Å². The van der Waals surface area contributed by atoms with E-state index in [4.69, 9.17) is 0 Å². The molecule has 0 rings (SSSR count). The van der Waals surface area contributed by atoms with Crippen molar-refractivity contribution >= 4 is 5.91 Å². The maximum absolute atomic E-state index is 11.6. The van der Waals surface area contributed by atoms with Gasteiger partial charge >= 0.3 is 0 Å². The number of unbranched alkanes of at least 4 members (excludes halogenated alkanes) is 5. The Hall–Kier alpha value is -0.570. The van der Waals surface area contributed by atoms with E-state index >= 15 is 0 Å². The number of carbonyl (C=O) groups excluding carboxylic acids is 1. The molecule has 0 aromatic carbocycles. The fraction of sp³-hybridized carbons (Fsp3) is 0.938. The van der Waals surface area contributed by atoms with Gasteiger partial charge in [0, 0.05) is 18.0 Å². The third-order valence-electron chi connectivity index (χ3n) is 3.12. The summed E-state index contributed by atoms with van der Waals surface area (Å²) in [5, 5.41) is 6.43. The Kier molecular flexibility index (Phi) is 9.94. The molecule has 0 aliphatic heterocycles. The number of hydrogen-bond donors (Lipinski definition) is 2. The van der Waals surface area contributed by atoms with Crippen molar-refractivity contribution in [1.29, 1.82) is 0 Å². The first kappa shape index (κ1) is 18.4. The zero-order valence-electron chi connectivity index (χ0n) is 13.6. The van der Waals surface area contributed by atoms with E-state index < -0.39 is 0 Å². The molecule has 0 atom stereocenters. The lowest BCUT2D eigenvalue weighted by Crippen LogP contribution is -2.35. The van der Waals surface area contributed by atoms with E-state index in [9.17, 15) is 4.79 Å². The second-order valence-corrected chi connectivity index (χ2v) is 6.74. The summed E-state index contributed by atoms with van der Waals surface area (Å²) in [5.74, 6) is 0.159. The number of amides is 1. The van der Waals surface area contributed by atoms with Gasteiger partial charge in [-0.25, -0.2) is 0 Å². The summed E-state index contributed by atoms with van der Waals surface area (Å²) in [4.78, 5) is 11.6. The summed E-state index contributed by atoms with van der Waals surface area (Å²) in [6.45, 7) is 12.2. The van der Waals surface area contributed by atoms with Crippen LogP contribution in [-0.2, 0) is 4.79 Å². The Morgan fingerprint density at radius 3 is 1.84 bits per heavy atom. The molecule has 0 spiro atoms. The Morgan fingerprint density at radius 1 is 0.895 bits per heavy atom. The molecule has 0 radical (unpaired) electrons. The lowest BCUT2D eigenvalue weighted by Gasteiger charge is -2.17. The van der Waals surface area contributed by atoms with Crippen LogP contribution in [0.2, 0.25) is 0 Å². The van der Waals surface area contributed by atoms with Crippen LogP contribution in [0.5, 0.6) is 0 Å². The van der Waals surface area contributed by atoms with E-state index in [2.05, 4.69) is 24.5 Å². The summed E-state index contributed by atoms with van der Waals surface area (Å²) >= 11 is 0. The van der Waals surface area contributed by atoms with Crippen LogP contribution in [0, 0.1) is 5.41 Å². The molecule has 0 bridgehead atoms. The molecule has 1 amide bonds. The smallest absolute Gasteiger partial charge is 0.225 e. The van der Waals surface area contributed by atoms with Crippen LogP contribution in [0.1, 0.15) is 73.1 Å². The minimum absolute atomic E-state index is 0.159. The molecule has 0 aliphatic carbocycles. The summed E-state index contributed by atoms with van der Waals surface area (Å²) < 4.78 is 0. The van der Waals surface area contributed by atoms with Crippen LogP contribution in [0.3, 0.4) is 0 Å². The van der Waals surface area contributed by atoms with Gasteiger partial charge in [0.05, 0.1) is 0 Å². The van der Waals surface area contributed by atoms with E-state index in [0.29, 0.717) is 6.04 Å². The van der Waals surface area contributed by atoms with Crippen molar-refractivity contribution in [3.8, 4) is 0 Å². The second-order valence-electron chi connectivity index (χ2n) is 6.74. The van der Waals surface area contributed by atoms with Crippen LogP contribution in [-0.4, -0.2) is 25.0 Å². The molecule has 0 saturated heterocycles. The SMILES string of the molecule is CC(C)NCCCCCCCCNC(=O)C(C)(C)C. The molecule has 114 valence electrons. The van der Waals surface area contributed by atoms with Gasteiger partial charge in [-0.2, -0.15) is 0 Å². The van der Waals surface area contributed by atoms with Gasteiger partial charge in [-0.1, -0.05) is 60.3 Å². The Morgan fingerprint density at radius 2 is 1.37 bits per heavy atom. The minimum atomic E-state index is -0.261. The molecule has 0 fully saturated rings. The van der Waals surface area contributed by atoms with Crippen molar-refractivity contribution in [2.45, 2.75) is 79.2 Å². The first-order chi connectivity index (χ1) is 8.84. The van der Waals surface area contributed by atoms with Crippen molar-refractivity contribution in [3.05, 3.63) is 0 Å². The van der Waals surface area contributed by atoms with Gasteiger partial charge in [0.15, 0.2) is 0 Å². The van der Waals surface area contributed by atoms with Crippen molar-refractivity contribution in [2.24, 2.45) is 5.41 Å². The van der Waals surface area contributed by atoms with E-state index in [1.54, 1.807) is 0 Å². The van der Waals surface area contributed by atoms with Gasteiger partial charge in [-0.15, -0.1) is 0 Å². The standard InChI is InChI=1S/C16H34N2O/c1-14(2)17-12-10-8-6-7-9-11-13-18-15(19)16(3,4)5/h14,17H,6-13H2,1-5H3,(H,18,19). The molecule has 3 heteroatoms. The third-order valence-corrected chi connectivity index (χ3v) is 3.12. The van der Waals surface area contributed by atoms with Gasteiger partial charge in [0.25, 0.3) is 0 Å². The molecule has 0 heterocycles. The van der Waals surface area contributed by atoms with E-state index in [1.165, 1.54) is 32.1 Å². The van der Waals surface area contributed by atoms with Crippen LogP contribution < -0.4 is 10.6 Å². The quantitative estimate of drug-likeness (QED) is 0.597. The van der Waals surface area contributed by atoms with Crippen LogP contribution in [0.25, 0.3) is 0 Å². The predicted octanol–water partition coefficient (Wildman–Crippen LogP) is 3.49. The Balaban J connectivity index is 3.22. The van der Waals surface area contributed by atoms with Crippen LogP contribution in [0.15, 0.2) is 0 Å². The number of carbonyl (C=O) groups is 1. The van der Waals surface area contributed by atoms with Gasteiger partial charge in [0.2, 0.25) is 5.91 Å². The third kappa shape index (κ3) is 12.2. The van der Waals surface area contributed by atoms with Crippen molar-refractivity contribution < 1.29 is 4.79 Å². The van der Waals surface area contributed by atoms with E-state index in [1.807, 2.05) is 20.8 Å². The first-order valence-corrected chi connectivity index (χ1v) is 7.85. The van der Waals surface area contributed by atoms with Crippen molar-refractivity contribution in [3.63, 3.8) is 0 Å². The Bertz CT molecular complexity index is 231. The maximum Gasteiger partial charge on any atom is 0.225 e. The zero-order chi connectivity index (χ0) is 14.7.